The number of phenols is 1. The minimum absolute atomic E-state index is 0.0439. The molecule has 0 radical (unpaired) electrons. The predicted octanol–water partition coefficient (Wildman–Crippen LogP) is 4.89. The van der Waals surface area contributed by atoms with Gasteiger partial charge >= 0.3 is 6.09 Å². The number of hydrogen-bond donors (Lipinski definition) is 3. The van der Waals surface area contributed by atoms with Gasteiger partial charge in [0, 0.05) is 19.0 Å². The number of aromatic hydroxyl groups is 1. The van der Waals surface area contributed by atoms with Gasteiger partial charge < -0.3 is 25.4 Å². The summed E-state index contributed by atoms with van der Waals surface area (Å²) in [6, 6.07) is 13.4. The van der Waals surface area contributed by atoms with Crippen LogP contribution in [0.3, 0.4) is 0 Å². The molecule has 0 aliphatic heterocycles. The molecule has 0 fully saturated rings. The quantitative estimate of drug-likeness (QED) is 0.344. The van der Waals surface area contributed by atoms with Crippen LogP contribution in [0.5, 0.6) is 5.75 Å². The van der Waals surface area contributed by atoms with Crippen LogP contribution in [0.4, 0.5) is 4.79 Å². The second-order valence-corrected chi connectivity index (χ2v) is 10.4. The zero-order valence-corrected chi connectivity index (χ0v) is 23.1. The molecule has 0 saturated carbocycles. The standard InChI is InChI=1S/C30H41N3O5/c1-7-12-21(3)31-27(35)26(23-15-17-24(34)18-16-23)33(19-8-2)28(36)25(20-22-13-10-9-11-14-22)32-29(37)38-30(4,5)6/h8-11,13-18,21,25-26,34H,2,7,12,19-20H2,1,3-6H3,(H,31,35)(H,32,37). The molecule has 0 aromatic heterocycles. The molecule has 3 unspecified atom stereocenters. The summed E-state index contributed by atoms with van der Waals surface area (Å²) < 4.78 is 5.43. The summed E-state index contributed by atoms with van der Waals surface area (Å²) in [5.41, 5.74) is 0.604. The smallest absolute Gasteiger partial charge is 0.408 e. The second-order valence-electron chi connectivity index (χ2n) is 10.4. The highest BCUT2D eigenvalue weighted by molar-refractivity contribution is 5.92. The van der Waals surface area contributed by atoms with Crippen LogP contribution in [0.2, 0.25) is 0 Å². The van der Waals surface area contributed by atoms with Crippen molar-refractivity contribution in [2.75, 3.05) is 6.54 Å². The number of nitrogens with zero attached hydrogens (tertiary/aromatic N) is 1. The van der Waals surface area contributed by atoms with E-state index in [-0.39, 0.29) is 30.7 Å². The largest absolute Gasteiger partial charge is 0.508 e. The van der Waals surface area contributed by atoms with Crippen molar-refractivity contribution in [1.82, 2.24) is 15.5 Å². The molecule has 3 atom stereocenters. The maximum atomic E-state index is 14.1. The number of alkyl carbamates (subject to hydrolysis) is 1. The van der Waals surface area contributed by atoms with Crippen molar-refractivity contribution in [3.05, 3.63) is 78.4 Å². The van der Waals surface area contributed by atoms with Crippen LogP contribution in [0.1, 0.15) is 64.6 Å². The molecule has 2 aromatic carbocycles. The van der Waals surface area contributed by atoms with E-state index in [0.717, 1.165) is 18.4 Å². The molecule has 38 heavy (non-hydrogen) atoms. The molecule has 0 spiro atoms. The average molecular weight is 524 g/mol. The Bertz CT molecular complexity index is 1060. The molecular weight excluding hydrogens is 482 g/mol. The van der Waals surface area contributed by atoms with Crippen molar-refractivity contribution in [1.29, 1.82) is 0 Å². The third-order valence-corrected chi connectivity index (χ3v) is 5.76. The van der Waals surface area contributed by atoms with E-state index in [1.165, 1.54) is 17.0 Å². The topological polar surface area (TPSA) is 108 Å². The first-order chi connectivity index (χ1) is 17.9. The number of ether oxygens (including phenoxy) is 1. The van der Waals surface area contributed by atoms with Crippen LogP contribution in [0.25, 0.3) is 0 Å². The van der Waals surface area contributed by atoms with E-state index in [0.29, 0.717) is 5.56 Å². The molecule has 2 aromatic rings. The second kappa shape index (κ2) is 14.2. The van der Waals surface area contributed by atoms with Gasteiger partial charge in [-0.05, 0) is 57.4 Å². The number of carbonyl (C=O) groups is 3. The van der Waals surface area contributed by atoms with E-state index < -0.39 is 29.7 Å². The van der Waals surface area contributed by atoms with Crippen LogP contribution in [0.15, 0.2) is 67.3 Å². The fourth-order valence-electron chi connectivity index (χ4n) is 4.12. The molecule has 2 rings (SSSR count). The van der Waals surface area contributed by atoms with Crippen LogP contribution < -0.4 is 10.6 Å². The van der Waals surface area contributed by atoms with Gasteiger partial charge in [0.05, 0.1) is 0 Å². The van der Waals surface area contributed by atoms with Crippen LogP contribution in [-0.2, 0) is 20.7 Å². The Morgan fingerprint density at radius 3 is 2.24 bits per heavy atom. The third kappa shape index (κ3) is 9.57. The monoisotopic (exact) mass is 523 g/mol. The van der Waals surface area contributed by atoms with Crippen molar-refractivity contribution >= 4 is 17.9 Å². The predicted molar refractivity (Wildman–Crippen MR) is 149 cm³/mol. The molecule has 0 aliphatic rings. The maximum Gasteiger partial charge on any atom is 0.408 e. The molecule has 0 bridgehead atoms. The SMILES string of the molecule is C=CCN(C(=O)C(Cc1ccccc1)NC(=O)OC(C)(C)C)C(C(=O)NC(C)CCC)c1ccc(O)cc1. The number of phenolic OH excluding ortho intramolecular Hbond substituents is 1. The first kappa shape index (κ1) is 30.4. The van der Waals surface area contributed by atoms with Gasteiger partial charge in [0.1, 0.15) is 23.4 Å². The van der Waals surface area contributed by atoms with Crippen LogP contribution in [0, 0.1) is 0 Å². The van der Waals surface area contributed by atoms with Gasteiger partial charge in [-0.25, -0.2) is 4.79 Å². The lowest BCUT2D eigenvalue weighted by atomic mass is 9.99. The number of nitrogens with one attached hydrogen (secondary N) is 2. The van der Waals surface area contributed by atoms with E-state index in [9.17, 15) is 19.5 Å². The fraction of sp³-hybridized carbons (Fsp3) is 0.433. The van der Waals surface area contributed by atoms with Crippen molar-refractivity contribution in [2.24, 2.45) is 0 Å². The highest BCUT2D eigenvalue weighted by Gasteiger charge is 2.36. The van der Waals surface area contributed by atoms with Crippen LogP contribution in [-0.4, -0.2) is 52.1 Å². The Morgan fingerprint density at radius 1 is 1.05 bits per heavy atom. The van der Waals surface area contributed by atoms with E-state index in [4.69, 9.17) is 4.74 Å². The summed E-state index contributed by atoms with van der Waals surface area (Å²) in [5, 5.41) is 15.6. The van der Waals surface area contributed by atoms with E-state index in [2.05, 4.69) is 17.2 Å². The molecule has 206 valence electrons. The molecular formula is C30H41N3O5. The average Bonchev–Trinajstić information content (AvgIpc) is 2.83. The molecule has 8 nitrogen and oxygen atoms in total. The molecule has 0 heterocycles. The van der Waals surface area contributed by atoms with E-state index in [1.807, 2.05) is 44.2 Å². The summed E-state index contributed by atoms with van der Waals surface area (Å²) in [6.45, 7) is 13.0. The minimum atomic E-state index is -1.01. The highest BCUT2D eigenvalue weighted by Crippen LogP contribution is 2.25. The van der Waals surface area contributed by atoms with Gasteiger partial charge in [0.2, 0.25) is 11.8 Å². The highest BCUT2D eigenvalue weighted by atomic mass is 16.6. The van der Waals surface area contributed by atoms with Crippen molar-refractivity contribution < 1.29 is 24.2 Å². The minimum Gasteiger partial charge on any atom is -0.508 e. The van der Waals surface area contributed by atoms with Crippen molar-refractivity contribution in [3.63, 3.8) is 0 Å². The Balaban J connectivity index is 2.50. The summed E-state index contributed by atoms with van der Waals surface area (Å²) >= 11 is 0. The van der Waals surface area contributed by atoms with Crippen molar-refractivity contribution in [3.8, 4) is 5.75 Å². The molecule has 0 saturated heterocycles. The lowest BCUT2D eigenvalue weighted by Crippen LogP contribution is -2.54. The van der Waals surface area contributed by atoms with E-state index in [1.54, 1.807) is 39.0 Å². The number of rotatable bonds is 12. The first-order valence-corrected chi connectivity index (χ1v) is 13.0. The van der Waals surface area contributed by atoms with Crippen LogP contribution >= 0.6 is 0 Å². The van der Waals surface area contributed by atoms with Gasteiger partial charge in [-0.1, -0.05) is 61.9 Å². The number of hydrogen-bond acceptors (Lipinski definition) is 5. The Morgan fingerprint density at radius 2 is 1.68 bits per heavy atom. The third-order valence-electron chi connectivity index (χ3n) is 5.76. The van der Waals surface area contributed by atoms with Gasteiger partial charge in [0.25, 0.3) is 0 Å². The Kier molecular flexibility index (Phi) is 11.4. The summed E-state index contributed by atoms with van der Waals surface area (Å²) in [7, 11) is 0. The van der Waals surface area contributed by atoms with Gasteiger partial charge in [-0.3, -0.25) is 9.59 Å². The number of amides is 3. The maximum absolute atomic E-state index is 14.1. The van der Waals surface area contributed by atoms with Gasteiger partial charge in [-0.2, -0.15) is 0 Å². The molecule has 0 aliphatic carbocycles. The summed E-state index contributed by atoms with van der Waals surface area (Å²) in [5.74, 6) is -0.777. The van der Waals surface area contributed by atoms with Gasteiger partial charge in [0.15, 0.2) is 0 Å². The molecule has 3 N–H and O–H groups in total. The summed E-state index contributed by atoms with van der Waals surface area (Å²) in [4.78, 5) is 41.9. The molecule has 3 amide bonds. The first-order valence-electron chi connectivity index (χ1n) is 13.0. The zero-order chi connectivity index (χ0) is 28.3. The number of carbonyl (C=O) groups excluding carboxylic acids is 3. The van der Waals surface area contributed by atoms with Gasteiger partial charge in [-0.15, -0.1) is 6.58 Å². The fourth-order valence-corrected chi connectivity index (χ4v) is 4.12. The summed E-state index contributed by atoms with van der Waals surface area (Å²) in [6.07, 6.45) is 2.68. The zero-order valence-electron chi connectivity index (χ0n) is 23.1. The number of benzene rings is 2. The normalized spacial score (nSPS) is 13.5. The lowest BCUT2D eigenvalue weighted by molar-refractivity contribution is -0.142. The van der Waals surface area contributed by atoms with E-state index >= 15 is 0 Å². The lowest BCUT2D eigenvalue weighted by Gasteiger charge is -2.34. The molecule has 8 heteroatoms. The van der Waals surface area contributed by atoms with Crippen molar-refractivity contribution in [2.45, 2.75) is 77.6 Å². The Hall–Kier alpha value is -3.81. The Labute approximate surface area is 226 Å².